The highest BCUT2D eigenvalue weighted by molar-refractivity contribution is 5.91. The van der Waals surface area contributed by atoms with Crippen molar-refractivity contribution >= 4 is 17.7 Å². The second kappa shape index (κ2) is 6.69. The summed E-state index contributed by atoms with van der Waals surface area (Å²) in [6.07, 6.45) is 0. The number of carboxylic acids is 1. The quantitative estimate of drug-likeness (QED) is 0.753. The first-order chi connectivity index (χ1) is 8.99. The predicted octanol–water partition coefficient (Wildman–Crippen LogP) is 1.37. The van der Waals surface area contributed by atoms with Crippen LogP contribution in [0, 0.1) is 5.82 Å². The van der Waals surface area contributed by atoms with E-state index in [0.717, 1.165) is 6.07 Å². The van der Waals surface area contributed by atoms with Crippen LogP contribution in [0.3, 0.4) is 0 Å². The zero-order chi connectivity index (χ0) is 14.4. The van der Waals surface area contributed by atoms with Crippen molar-refractivity contribution in [1.29, 1.82) is 0 Å². The Kier molecular flexibility index (Phi) is 5.25. The van der Waals surface area contributed by atoms with Crippen molar-refractivity contribution in [3.05, 3.63) is 29.6 Å². The van der Waals surface area contributed by atoms with Gasteiger partial charge in [-0.15, -0.1) is 0 Å². The molecule has 0 radical (unpaired) electrons. The largest absolute Gasteiger partial charge is 0.478 e. The molecule has 104 valence electrons. The fourth-order valence-electron chi connectivity index (χ4n) is 1.47. The van der Waals surface area contributed by atoms with E-state index in [-0.39, 0.29) is 24.4 Å². The number of carbonyl (C=O) groups is 2. The maximum Gasteiger partial charge on any atom is 0.335 e. The third-order valence-corrected chi connectivity index (χ3v) is 2.50. The van der Waals surface area contributed by atoms with Crippen LogP contribution in [0.1, 0.15) is 17.3 Å². The van der Waals surface area contributed by atoms with E-state index in [1.807, 2.05) is 0 Å². The number of carbonyl (C=O) groups excluding carboxylic acids is 1. The van der Waals surface area contributed by atoms with E-state index in [1.165, 1.54) is 17.0 Å². The maximum atomic E-state index is 13.6. The van der Waals surface area contributed by atoms with Crippen molar-refractivity contribution in [3.8, 4) is 0 Å². The van der Waals surface area contributed by atoms with Gasteiger partial charge >= 0.3 is 12.0 Å². The molecule has 0 fully saturated rings. The molecule has 3 N–H and O–H groups in total. The summed E-state index contributed by atoms with van der Waals surface area (Å²) in [6, 6.07) is 2.66. The Morgan fingerprint density at radius 3 is 2.58 bits per heavy atom. The van der Waals surface area contributed by atoms with Crippen LogP contribution in [-0.4, -0.2) is 46.8 Å². The van der Waals surface area contributed by atoms with Crippen molar-refractivity contribution < 1.29 is 24.2 Å². The van der Waals surface area contributed by atoms with Crippen LogP contribution in [0.5, 0.6) is 0 Å². The molecule has 6 nitrogen and oxygen atoms in total. The van der Waals surface area contributed by atoms with Crippen LogP contribution in [0.2, 0.25) is 0 Å². The van der Waals surface area contributed by atoms with E-state index in [0.29, 0.717) is 6.54 Å². The van der Waals surface area contributed by atoms with Gasteiger partial charge in [0.2, 0.25) is 0 Å². The Labute approximate surface area is 109 Å². The summed E-state index contributed by atoms with van der Waals surface area (Å²) < 4.78 is 13.6. The van der Waals surface area contributed by atoms with E-state index in [4.69, 9.17) is 10.2 Å². The molecule has 0 aromatic heterocycles. The summed E-state index contributed by atoms with van der Waals surface area (Å²) in [5.41, 5.74) is -0.301. The van der Waals surface area contributed by atoms with Gasteiger partial charge in [0, 0.05) is 13.1 Å². The average molecular weight is 270 g/mol. The van der Waals surface area contributed by atoms with Gasteiger partial charge in [-0.1, -0.05) is 0 Å². The molecule has 0 unspecified atom stereocenters. The summed E-state index contributed by atoms with van der Waals surface area (Å²) >= 11 is 0. The van der Waals surface area contributed by atoms with Crippen LogP contribution < -0.4 is 5.32 Å². The molecule has 0 aliphatic heterocycles. The Hall–Kier alpha value is -2.15. The number of hydrogen-bond acceptors (Lipinski definition) is 3. The Bertz CT molecular complexity index is 479. The molecule has 0 bridgehead atoms. The maximum absolute atomic E-state index is 13.6. The highest BCUT2D eigenvalue weighted by Crippen LogP contribution is 2.16. The van der Waals surface area contributed by atoms with Crippen LogP contribution in [0.4, 0.5) is 14.9 Å². The van der Waals surface area contributed by atoms with Crippen molar-refractivity contribution in [3.63, 3.8) is 0 Å². The molecule has 1 rings (SSSR count). The van der Waals surface area contributed by atoms with Gasteiger partial charge in [-0.25, -0.2) is 14.0 Å². The number of carboxylic acid groups (broad SMARTS) is 1. The van der Waals surface area contributed by atoms with Crippen LogP contribution >= 0.6 is 0 Å². The molecule has 0 spiro atoms. The summed E-state index contributed by atoms with van der Waals surface area (Å²) in [7, 11) is 0. The summed E-state index contributed by atoms with van der Waals surface area (Å²) in [5.74, 6) is -2.07. The number of benzene rings is 1. The summed E-state index contributed by atoms with van der Waals surface area (Å²) in [6.45, 7) is 2.03. The molecule has 0 saturated heterocycles. The molecule has 0 aliphatic carbocycles. The lowest BCUT2D eigenvalue weighted by Gasteiger charge is -2.20. The molecule has 1 aromatic rings. The van der Waals surface area contributed by atoms with E-state index >= 15 is 0 Å². The first kappa shape index (κ1) is 14.9. The lowest BCUT2D eigenvalue weighted by molar-refractivity contribution is 0.0696. The normalized spacial score (nSPS) is 10.1. The third kappa shape index (κ3) is 3.92. The van der Waals surface area contributed by atoms with Gasteiger partial charge in [-0.05, 0) is 25.1 Å². The lowest BCUT2D eigenvalue weighted by atomic mass is 10.2. The fourth-order valence-corrected chi connectivity index (χ4v) is 1.47. The number of likely N-dealkylation sites (N-methyl/N-ethyl adjacent to an activating group) is 1. The molecule has 2 amide bonds. The molecule has 0 saturated carbocycles. The highest BCUT2D eigenvalue weighted by Gasteiger charge is 2.14. The number of aliphatic hydroxyl groups is 1. The number of nitrogens with zero attached hydrogens (tertiary/aromatic N) is 1. The molecule has 19 heavy (non-hydrogen) atoms. The van der Waals surface area contributed by atoms with Crippen molar-refractivity contribution in [2.45, 2.75) is 6.92 Å². The monoisotopic (exact) mass is 270 g/mol. The molecule has 1 aromatic carbocycles. The minimum atomic E-state index is -1.24. The molecular weight excluding hydrogens is 255 g/mol. The minimum absolute atomic E-state index is 0.105. The molecular formula is C12H15FN2O4. The van der Waals surface area contributed by atoms with Crippen LogP contribution in [0.15, 0.2) is 18.2 Å². The van der Waals surface area contributed by atoms with Gasteiger partial charge in [0.25, 0.3) is 0 Å². The van der Waals surface area contributed by atoms with Gasteiger partial charge in [0.15, 0.2) is 0 Å². The smallest absolute Gasteiger partial charge is 0.335 e. The van der Waals surface area contributed by atoms with Crippen LogP contribution in [0.25, 0.3) is 0 Å². The second-order valence-electron chi connectivity index (χ2n) is 3.73. The van der Waals surface area contributed by atoms with Crippen molar-refractivity contribution in [2.75, 3.05) is 25.0 Å². The number of rotatable bonds is 5. The first-order valence-corrected chi connectivity index (χ1v) is 5.69. The van der Waals surface area contributed by atoms with Crippen molar-refractivity contribution in [2.24, 2.45) is 0 Å². The fraction of sp³-hybridized carbons (Fsp3) is 0.333. The zero-order valence-corrected chi connectivity index (χ0v) is 10.4. The number of aromatic carboxylic acids is 1. The Morgan fingerprint density at radius 1 is 1.42 bits per heavy atom. The molecule has 0 heterocycles. The number of hydrogen-bond donors (Lipinski definition) is 3. The van der Waals surface area contributed by atoms with E-state index < -0.39 is 17.8 Å². The SMILES string of the molecule is CCN(CCO)C(=O)Nc1ccc(C(=O)O)cc1F. The van der Waals surface area contributed by atoms with Crippen molar-refractivity contribution in [1.82, 2.24) is 4.90 Å². The topological polar surface area (TPSA) is 89.9 Å². The van der Waals surface area contributed by atoms with Crippen LogP contribution in [-0.2, 0) is 0 Å². The predicted molar refractivity (Wildman–Crippen MR) is 66.7 cm³/mol. The van der Waals surface area contributed by atoms with Gasteiger partial charge in [-0.3, -0.25) is 0 Å². The number of urea groups is 1. The van der Waals surface area contributed by atoms with Gasteiger partial charge in [0.1, 0.15) is 5.82 Å². The molecule has 0 atom stereocenters. The van der Waals surface area contributed by atoms with E-state index in [1.54, 1.807) is 6.92 Å². The third-order valence-electron chi connectivity index (χ3n) is 2.50. The van der Waals surface area contributed by atoms with E-state index in [9.17, 15) is 14.0 Å². The lowest BCUT2D eigenvalue weighted by Crippen LogP contribution is -2.37. The van der Waals surface area contributed by atoms with E-state index in [2.05, 4.69) is 5.32 Å². The summed E-state index contributed by atoms with van der Waals surface area (Å²) in [4.78, 5) is 23.7. The van der Waals surface area contributed by atoms with Gasteiger partial charge in [-0.2, -0.15) is 0 Å². The molecule has 0 aliphatic rings. The number of halogens is 1. The number of anilines is 1. The summed E-state index contributed by atoms with van der Waals surface area (Å²) in [5, 5.41) is 19.8. The van der Waals surface area contributed by atoms with Gasteiger partial charge < -0.3 is 20.4 Å². The minimum Gasteiger partial charge on any atom is -0.478 e. The first-order valence-electron chi connectivity index (χ1n) is 5.69. The zero-order valence-electron chi connectivity index (χ0n) is 10.4. The molecule has 7 heteroatoms. The average Bonchev–Trinajstić information content (AvgIpc) is 2.37. The highest BCUT2D eigenvalue weighted by atomic mass is 19.1. The standard InChI is InChI=1S/C12H15FN2O4/c1-2-15(5-6-16)12(19)14-10-4-3-8(11(17)18)7-9(10)13/h3-4,7,16H,2,5-6H2,1H3,(H,14,19)(H,17,18). The number of aliphatic hydroxyl groups excluding tert-OH is 1. The number of nitrogens with one attached hydrogen (secondary N) is 1. The Balaban J connectivity index is 2.82. The Morgan fingerprint density at radius 2 is 2.11 bits per heavy atom. The number of amides is 2. The second-order valence-corrected chi connectivity index (χ2v) is 3.73. The van der Waals surface area contributed by atoms with Gasteiger partial charge in [0.05, 0.1) is 17.9 Å².